The zero-order valence-electron chi connectivity index (χ0n) is 9.44. The van der Waals surface area contributed by atoms with Crippen molar-refractivity contribution in [2.45, 2.75) is 39.2 Å². The van der Waals surface area contributed by atoms with E-state index >= 15 is 0 Å². The van der Waals surface area contributed by atoms with Gasteiger partial charge in [0.05, 0.1) is 0 Å². The van der Waals surface area contributed by atoms with Crippen LogP contribution in [0, 0.1) is 6.92 Å². The van der Waals surface area contributed by atoms with E-state index in [1.807, 2.05) is 0 Å². The summed E-state index contributed by atoms with van der Waals surface area (Å²) >= 11 is 6.10. The van der Waals surface area contributed by atoms with Gasteiger partial charge >= 0.3 is 0 Å². The molecule has 0 radical (unpaired) electrons. The van der Waals surface area contributed by atoms with Gasteiger partial charge in [-0.05, 0) is 61.6 Å². The van der Waals surface area contributed by atoms with Crippen LogP contribution in [0.3, 0.4) is 0 Å². The molecular formula is C13H18ClN. The number of hydrogen-bond donors (Lipinski definition) is 1. The van der Waals surface area contributed by atoms with Gasteiger partial charge in [0.1, 0.15) is 0 Å². The Labute approximate surface area is 96.8 Å². The highest BCUT2D eigenvalue weighted by Crippen LogP contribution is 2.35. The number of rotatable bonds is 3. The Morgan fingerprint density at radius 2 is 2.27 bits per heavy atom. The molecule has 1 aromatic carbocycles. The summed E-state index contributed by atoms with van der Waals surface area (Å²) in [6, 6.07) is 4.73. The molecule has 2 heteroatoms. The molecule has 1 atom stereocenters. The van der Waals surface area contributed by atoms with Gasteiger partial charge in [-0.15, -0.1) is 0 Å². The van der Waals surface area contributed by atoms with E-state index < -0.39 is 0 Å². The Balaban J connectivity index is 2.25. The van der Waals surface area contributed by atoms with E-state index in [-0.39, 0.29) is 0 Å². The van der Waals surface area contributed by atoms with Crippen molar-refractivity contribution in [2.24, 2.45) is 0 Å². The lowest BCUT2D eigenvalue weighted by atomic mass is 10.0. The summed E-state index contributed by atoms with van der Waals surface area (Å²) in [5.41, 5.74) is 4.28. The van der Waals surface area contributed by atoms with Crippen LogP contribution in [-0.2, 0) is 6.42 Å². The molecule has 82 valence electrons. The maximum absolute atomic E-state index is 6.10. The van der Waals surface area contributed by atoms with Gasteiger partial charge in [0, 0.05) is 11.1 Å². The minimum Gasteiger partial charge on any atom is -0.310 e. The van der Waals surface area contributed by atoms with Crippen molar-refractivity contribution in [3.63, 3.8) is 0 Å². The fraction of sp³-hybridized carbons (Fsp3) is 0.538. The fourth-order valence-electron chi connectivity index (χ4n) is 2.43. The van der Waals surface area contributed by atoms with Gasteiger partial charge in [-0.2, -0.15) is 0 Å². The lowest BCUT2D eigenvalue weighted by molar-refractivity contribution is 0.529. The van der Waals surface area contributed by atoms with Gasteiger partial charge < -0.3 is 5.32 Å². The van der Waals surface area contributed by atoms with E-state index in [9.17, 15) is 0 Å². The third kappa shape index (κ3) is 2.19. The second-order valence-corrected chi connectivity index (χ2v) is 4.77. The molecule has 1 nitrogen and oxygen atoms in total. The molecule has 1 aliphatic rings. The van der Waals surface area contributed by atoms with Crippen molar-refractivity contribution >= 4 is 11.6 Å². The molecule has 1 aromatic rings. The second kappa shape index (κ2) is 4.54. The Hall–Kier alpha value is -0.530. The molecule has 0 aliphatic heterocycles. The molecule has 0 saturated heterocycles. The highest BCUT2D eigenvalue weighted by atomic mass is 35.5. The topological polar surface area (TPSA) is 12.0 Å². The summed E-state index contributed by atoms with van der Waals surface area (Å²) in [6.45, 7) is 5.45. The smallest absolute Gasteiger partial charge is 0.0412 e. The van der Waals surface area contributed by atoms with Crippen LogP contribution < -0.4 is 5.32 Å². The van der Waals surface area contributed by atoms with Crippen molar-refractivity contribution in [1.82, 2.24) is 5.32 Å². The first kappa shape index (κ1) is 11.0. The third-order valence-electron chi connectivity index (χ3n) is 3.17. The molecule has 0 amide bonds. The zero-order chi connectivity index (χ0) is 10.8. The summed E-state index contributed by atoms with van der Waals surface area (Å²) in [5.74, 6) is 0. The van der Waals surface area contributed by atoms with E-state index in [0.29, 0.717) is 6.04 Å². The SMILES string of the molecule is CCCNC1CCc2c(C)cc(Cl)cc21. The molecule has 1 unspecified atom stereocenters. The lowest BCUT2D eigenvalue weighted by Crippen LogP contribution is -2.19. The number of nitrogens with one attached hydrogen (secondary N) is 1. The quantitative estimate of drug-likeness (QED) is 0.825. The predicted octanol–water partition coefficient (Wildman–Crippen LogP) is 3.64. The van der Waals surface area contributed by atoms with Crippen molar-refractivity contribution in [1.29, 1.82) is 0 Å². The van der Waals surface area contributed by atoms with Crippen molar-refractivity contribution in [3.8, 4) is 0 Å². The van der Waals surface area contributed by atoms with Crippen LogP contribution in [0.1, 0.15) is 42.5 Å². The van der Waals surface area contributed by atoms with Crippen LogP contribution in [0.5, 0.6) is 0 Å². The van der Waals surface area contributed by atoms with E-state index in [1.165, 1.54) is 36.0 Å². The molecule has 1 N–H and O–H groups in total. The largest absolute Gasteiger partial charge is 0.310 e. The number of aryl methyl sites for hydroxylation is 1. The number of hydrogen-bond acceptors (Lipinski definition) is 1. The average Bonchev–Trinajstić information content (AvgIpc) is 2.58. The summed E-state index contributed by atoms with van der Waals surface area (Å²) in [4.78, 5) is 0. The minimum absolute atomic E-state index is 0.525. The standard InChI is InChI=1S/C13H18ClN/c1-3-6-15-13-5-4-11-9(2)7-10(14)8-12(11)13/h7-8,13,15H,3-6H2,1-2H3. The van der Waals surface area contributed by atoms with E-state index in [2.05, 4.69) is 31.3 Å². The summed E-state index contributed by atoms with van der Waals surface area (Å²) in [6.07, 6.45) is 3.60. The molecular weight excluding hydrogens is 206 g/mol. The van der Waals surface area contributed by atoms with Crippen LogP contribution in [0.2, 0.25) is 5.02 Å². The van der Waals surface area contributed by atoms with Gasteiger partial charge in [-0.3, -0.25) is 0 Å². The predicted molar refractivity (Wildman–Crippen MR) is 65.5 cm³/mol. The Morgan fingerprint density at radius 1 is 1.47 bits per heavy atom. The Bertz CT molecular complexity index is 360. The fourth-order valence-corrected chi connectivity index (χ4v) is 2.71. The molecule has 0 heterocycles. The zero-order valence-corrected chi connectivity index (χ0v) is 10.2. The lowest BCUT2D eigenvalue weighted by Gasteiger charge is -2.14. The van der Waals surface area contributed by atoms with Crippen LogP contribution in [-0.4, -0.2) is 6.54 Å². The van der Waals surface area contributed by atoms with E-state index in [0.717, 1.165) is 11.6 Å². The highest BCUT2D eigenvalue weighted by molar-refractivity contribution is 6.30. The van der Waals surface area contributed by atoms with E-state index in [1.54, 1.807) is 0 Å². The third-order valence-corrected chi connectivity index (χ3v) is 3.39. The second-order valence-electron chi connectivity index (χ2n) is 4.34. The van der Waals surface area contributed by atoms with Gasteiger partial charge in [-0.25, -0.2) is 0 Å². The van der Waals surface area contributed by atoms with Crippen LogP contribution in [0.25, 0.3) is 0 Å². The monoisotopic (exact) mass is 223 g/mol. The van der Waals surface area contributed by atoms with Crippen molar-refractivity contribution in [3.05, 3.63) is 33.8 Å². The van der Waals surface area contributed by atoms with Gasteiger partial charge in [0.2, 0.25) is 0 Å². The maximum Gasteiger partial charge on any atom is 0.0412 e. The van der Waals surface area contributed by atoms with Crippen LogP contribution in [0.4, 0.5) is 0 Å². The number of halogens is 1. The van der Waals surface area contributed by atoms with Gasteiger partial charge in [-0.1, -0.05) is 18.5 Å². The average molecular weight is 224 g/mol. The van der Waals surface area contributed by atoms with Gasteiger partial charge in [0.25, 0.3) is 0 Å². The molecule has 0 spiro atoms. The Kier molecular flexibility index (Phi) is 3.32. The normalized spacial score (nSPS) is 19.3. The first-order chi connectivity index (χ1) is 7.22. The van der Waals surface area contributed by atoms with Gasteiger partial charge in [0.15, 0.2) is 0 Å². The molecule has 0 bridgehead atoms. The van der Waals surface area contributed by atoms with Crippen molar-refractivity contribution < 1.29 is 0 Å². The molecule has 15 heavy (non-hydrogen) atoms. The number of fused-ring (bicyclic) bond motifs is 1. The molecule has 0 aromatic heterocycles. The molecule has 0 saturated carbocycles. The first-order valence-electron chi connectivity index (χ1n) is 5.74. The van der Waals surface area contributed by atoms with Crippen molar-refractivity contribution in [2.75, 3.05) is 6.54 Å². The Morgan fingerprint density at radius 3 is 3.00 bits per heavy atom. The maximum atomic E-state index is 6.10. The minimum atomic E-state index is 0.525. The highest BCUT2D eigenvalue weighted by Gasteiger charge is 2.23. The molecule has 2 rings (SSSR count). The summed E-state index contributed by atoms with van der Waals surface area (Å²) < 4.78 is 0. The molecule has 0 fully saturated rings. The first-order valence-corrected chi connectivity index (χ1v) is 6.12. The molecule has 1 aliphatic carbocycles. The summed E-state index contributed by atoms with van der Waals surface area (Å²) in [7, 11) is 0. The van der Waals surface area contributed by atoms with Crippen LogP contribution in [0.15, 0.2) is 12.1 Å². The van der Waals surface area contributed by atoms with E-state index in [4.69, 9.17) is 11.6 Å². The summed E-state index contributed by atoms with van der Waals surface area (Å²) in [5, 5.41) is 4.45. The number of benzene rings is 1. The van der Waals surface area contributed by atoms with Crippen LogP contribution >= 0.6 is 11.6 Å².